The molecule has 214 valence electrons. The van der Waals surface area contributed by atoms with Gasteiger partial charge in [0.05, 0.1) is 51.1 Å². The maximum Gasteiger partial charge on any atom is 0.316 e. The number of fused-ring (bicyclic) bond motifs is 6. The summed E-state index contributed by atoms with van der Waals surface area (Å²) in [7, 11) is 6.00. The Hall–Kier alpha value is -3.58. The van der Waals surface area contributed by atoms with Gasteiger partial charge in [-0.3, -0.25) is 9.59 Å². The molecular formula is C30H28F3IN4O3. The molecule has 4 aromatic rings. The molecule has 11 heteroatoms. The van der Waals surface area contributed by atoms with Gasteiger partial charge in [-0.25, -0.2) is 13.2 Å². The van der Waals surface area contributed by atoms with Crippen molar-refractivity contribution in [3.63, 3.8) is 0 Å². The number of esters is 1. The van der Waals surface area contributed by atoms with Gasteiger partial charge in [0.1, 0.15) is 17.4 Å². The molecule has 2 aliphatic heterocycles. The lowest BCUT2D eigenvalue weighted by Crippen LogP contribution is -3.00. The third-order valence-corrected chi connectivity index (χ3v) is 7.38. The maximum absolute atomic E-state index is 15.4. The van der Waals surface area contributed by atoms with Crippen LogP contribution in [0.4, 0.5) is 24.5 Å². The summed E-state index contributed by atoms with van der Waals surface area (Å²) in [6, 6.07) is 12.7. The highest BCUT2D eigenvalue weighted by Crippen LogP contribution is 2.48. The Labute approximate surface area is 252 Å². The molecule has 1 atom stereocenters. The lowest BCUT2D eigenvalue weighted by molar-refractivity contribution is -0.869. The minimum absolute atomic E-state index is 0. The summed E-state index contributed by atoms with van der Waals surface area (Å²) in [6.07, 6.45) is -0.116. The molecule has 1 amide bonds. The minimum Gasteiger partial charge on any atom is -1.00 e. The van der Waals surface area contributed by atoms with Crippen molar-refractivity contribution in [2.75, 3.05) is 39.1 Å². The molecule has 1 N–H and O–H groups in total. The molecule has 0 spiro atoms. The first-order valence-electron chi connectivity index (χ1n) is 13.0. The number of quaternary nitrogens is 1. The first-order valence-corrected chi connectivity index (χ1v) is 13.0. The standard InChI is InChI=1S/C30H28F3N4O3.HI/c1-37(2,3)12-10-26(38)40-20-7-8-25-22(16-20)21-9-11-35-29(27(21)34-25)36(19-6-4-5-17(31)13-19)28-23(30(35)39)14-18(32)15-24(28)33;/h4-8,13-16,29,34H,9-12H2,1-3H3;1H/q+1;/p-1. The Morgan fingerprint density at radius 1 is 1.05 bits per heavy atom. The van der Waals surface area contributed by atoms with Crippen LogP contribution in [0.1, 0.15) is 34.2 Å². The lowest BCUT2D eigenvalue weighted by Gasteiger charge is -2.47. The first-order chi connectivity index (χ1) is 19.0. The van der Waals surface area contributed by atoms with E-state index in [0.717, 1.165) is 28.6 Å². The number of aromatic amines is 1. The van der Waals surface area contributed by atoms with Gasteiger partial charge in [-0.2, -0.15) is 0 Å². The van der Waals surface area contributed by atoms with E-state index in [1.807, 2.05) is 21.1 Å². The second-order valence-corrected chi connectivity index (χ2v) is 11.2. The zero-order valence-electron chi connectivity index (χ0n) is 22.7. The molecule has 1 aromatic heterocycles. The van der Waals surface area contributed by atoms with Crippen LogP contribution in [0.2, 0.25) is 0 Å². The number of nitrogens with one attached hydrogen (secondary N) is 1. The van der Waals surface area contributed by atoms with Crippen LogP contribution in [-0.4, -0.2) is 60.5 Å². The van der Waals surface area contributed by atoms with Crippen molar-refractivity contribution in [3.8, 4) is 5.75 Å². The van der Waals surface area contributed by atoms with Crippen molar-refractivity contribution in [2.24, 2.45) is 0 Å². The van der Waals surface area contributed by atoms with Crippen molar-refractivity contribution in [1.82, 2.24) is 9.88 Å². The summed E-state index contributed by atoms with van der Waals surface area (Å²) in [4.78, 5) is 32.5. The fourth-order valence-corrected chi connectivity index (χ4v) is 5.55. The molecular weight excluding hydrogens is 648 g/mol. The number of H-pyrrole nitrogens is 1. The highest BCUT2D eigenvalue weighted by atomic mass is 127. The molecule has 3 aromatic carbocycles. The molecule has 3 heterocycles. The third kappa shape index (κ3) is 5.28. The molecule has 0 radical (unpaired) electrons. The van der Waals surface area contributed by atoms with Crippen molar-refractivity contribution >= 4 is 34.2 Å². The topological polar surface area (TPSA) is 65.6 Å². The molecule has 0 aliphatic carbocycles. The van der Waals surface area contributed by atoms with E-state index in [-0.39, 0.29) is 54.2 Å². The summed E-state index contributed by atoms with van der Waals surface area (Å²) >= 11 is 0. The summed E-state index contributed by atoms with van der Waals surface area (Å²) in [5.74, 6) is -2.77. The van der Waals surface area contributed by atoms with E-state index in [1.54, 1.807) is 24.3 Å². The third-order valence-electron chi connectivity index (χ3n) is 7.38. The van der Waals surface area contributed by atoms with Crippen molar-refractivity contribution < 1.29 is 56.0 Å². The normalized spacial score (nSPS) is 16.1. The number of halogens is 4. The van der Waals surface area contributed by atoms with Crippen LogP contribution in [0.3, 0.4) is 0 Å². The van der Waals surface area contributed by atoms with Crippen molar-refractivity contribution in [1.29, 1.82) is 0 Å². The molecule has 6 rings (SSSR count). The van der Waals surface area contributed by atoms with Gasteiger partial charge in [-0.15, -0.1) is 0 Å². The number of rotatable bonds is 5. The molecule has 0 bridgehead atoms. The second-order valence-electron chi connectivity index (χ2n) is 11.2. The zero-order valence-corrected chi connectivity index (χ0v) is 24.8. The Kier molecular flexibility index (Phi) is 7.53. The lowest BCUT2D eigenvalue weighted by atomic mass is 9.94. The number of hydrogen-bond acceptors (Lipinski definition) is 4. The fraction of sp³-hybridized carbons (Fsp3) is 0.267. The SMILES string of the molecule is C[N+](C)(C)CCC(=O)Oc1ccc2[nH]c3c(c2c1)CCN1C(=O)c2cc(F)cc(F)c2N(c2cccc(F)c2)C31.[I-]. The zero-order chi connectivity index (χ0) is 28.3. The van der Waals surface area contributed by atoms with Crippen LogP contribution in [0.25, 0.3) is 10.9 Å². The molecule has 41 heavy (non-hydrogen) atoms. The van der Waals surface area contributed by atoms with Gasteiger partial charge in [0.25, 0.3) is 5.91 Å². The Bertz CT molecular complexity index is 1680. The van der Waals surface area contributed by atoms with E-state index in [1.165, 1.54) is 28.0 Å². The minimum atomic E-state index is -0.918. The molecule has 0 fully saturated rings. The smallest absolute Gasteiger partial charge is 0.316 e. The van der Waals surface area contributed by atoms with E-state index < -0.39 is 29.5 Å². The van der Waals surface area contributed by atoms with Gasteiger partial charge in [0, 0.05) is 29.2 Å². The second kappa shape index (κ2) is 10.7. The van der Waals surface area contributed by atoms with E-state index >= 15 is 4.39 Å². The van der Waals surface area contributed by atoms with Gasteiger partial charge >= 0.3 is 5.97 Å². The highest BCUT2D eigenvalue weighted by molar-refractivity contribution is 6.04. The van der Waals surface area contributed by atoms with E-state index in [2.05, 4.69) is 4.98 Å². The number of anilines is 2. The van der Waals surface area contributed by atoms with Gasteiger partial charge in [-0.1, -0.05) is 6.07 Å². The van der Waals surface area contributed by atoms with Crippen LogP contribution in [0.15, 0.2) is 54.6 Å². The number of aromatic nitrogens is 1. The number of carbonyl (C=O) groups excluding carboxylic acids is 2. The number of nitrogens with zero attached hydrogens (tertiary/aromatic N) is 3. The number of hydrogen-bond donors (Lipinski definition) is 1. The number of benzene rings is 3. The Morgan fingerprint density at radius 2 is 1.83 bits per heavy atom. The largest absolute Gasteiger partial charge is 1.00 e. The first kappa shape index (κ1) is 28.9. The average Bonchev–Trinajstić information content (AvgIpc) is 3.26. The molecule has 2 aliphatic rings. The number of carbonyl (C=O) groups is 2. The van der Waals surface area contributed by atoms with E-state index in [0.29, 0.717) is 34.6 Å². The van der Waals surface area contributed by atoms with Crippen LogP contribution < -0.4 is 33.6 Å². The van der Waals surface area contributed by atoms with Gasteiger partial charge < -0.3 is 48.0 Å². The maximum atomic E-state index is 15.4. The van der Waals surface area contributed by atoms with E-state index in [9.17, 15) is 18.4 Å². The number of amides is 1. The fourth-order valence-electron chi connectivity index (χ4n) is 5.55. The summed E-state index contributed by atoms with van der Waals surface area (Å²) < 4.78 is 50.2. The van der Waals surface area contributed by atoms with Crippen molar-refractivity contribution in [2.45, 2.75) is 19.0 Å². The number of ether oxygens (including phenoxy) is 1. The van der Waals surface area contributed by atoms with Gasteiger partial charge in [-0.05, 0) is 54.4 Å². The van der Waals surface area contributed by atoms with Crippen molar-refractivity contribution in [3.05, 3.63) is 88.9 Å². The summed E-state index contributed by atoms with van der Waals surface area (Å²) in [5, 5.41) is 0.809. The monoisotopic (exact) mass is 676 g/mol. The predicted molar refractivity (Wildman–Crippen MR) is 144 cm³/mol. The van der Waals surface area contributed by atoms with Crippen LogP contribution in [0, 0.1) is 17.5 Å². The molecule has 0 saturated heterocycles. The Balaban J connectivity index is 0.00000337. The quantitative estimate of drug-likeness (QED) is 0.153. The molecule has 0 saturated carbocycles. The van der Waals surface area contributed by atoms with Crippen LogP contribution in [-0.2, 0) is 11.2 Å². The predicted octanol–water partition coefficient (Wildman–Crippen LogP) is 2.44. The molecule has 7 nitrogen and oxygen atoms in total. The summed E-state index contributed by atoms with van der Waals surface area (Å²) in [5.41, 5.74) is 2.32. The Morgan fingerprint density at radius 3 is 2.56 bits per heavy atom. The van der Waals surface area contributed by atoms with Gasteiger partial charge in [0.15, 0.2) is 12.0 Å². The van der Waals surface area contributed by atoms with Crippen LogP contribution in [0.5, 0.6) is 5.75 Å². The summed E-state index contributed by atoms with van der Waals surface area (Å²) in [6.45, 7) is 0.893. The van der Waals surface area contributed by atoms with E-state index in [4.69, 9.17) is 4.74 Å². The average molecular weight is 676 g/mol. The highest BCUT2D eigenvalue weighted by Gasteiger charge is 2.45. The molecule has 1 unspecified atom stereocenters. The van der Waals surface area contributed by atoms with Gasteiger partial charge in [0.2, 0.25) is 0 Å². The van der Waals surface area contributed by atoms with Crippen LogP contribution >= 0.6 is 0 Å².